The van der Waals surface area contributed by atoms with Crippen LogP contribution in [0, 0.1) is 5.92 Å². The minimum absolute atomic E-state index is 0.148. The third kappa shape index (κ3) is 5.57. The maximum atomic E-state index is 13.1. The molecule has 0 saturated carbocycles. The molecule has 0 bridgehead atoms. The lowest BCUT2D eigenvalue weighted by Crippen LogP contribution is -2.59. The Balaban J connectivity index is 1.29. The van der Waals surface area contributed by atoms with Gasteiger partial charge >= 0.3 is 5.97 Å². The number of likely N-dealkylation sites (tertiary alicyclic amines) is 1. The van der Waals surface area contributed by atoms with Crippen molar-refractivity contribution in [3.05, 3.63) is 94.9 Å². The van der Waals surface area contributed by atoms with Gasteiger partial charge < -0.3 is 15.3 Å². The first-order valence-electron chi connectivity index (χ1n) is 11.8. The Morgan fingerprint density at radius 2 is 1.62 bits per heavy atom. The SMILES string of the molecule is O=C(NC(Cc1ccc(-c2ncc(-c3ccccc3)cn2)cc1)C(=O)N1CC(C(=O)O)C1)c1cccs1. The standard InChI is InChI=1S/C28H24N4O4S/c33-26(24-7-4-12-37-24)31-23(27(34)32-16-22(17-32)28(35)36)13-18-8-10-20(11-9-18)25-29-14-21(15-30-25)19-5-2-1-3-6-19/h1-12,14-15,22-23H,13,16-17H2,(H,31,33)(H,35,36). The molecule has 8 nitrogen and oxygen atoms in total. The highest BCUT2D eigenvalue weighted by Crippen LogP contribution is 2.22. The summed E-state index contributed by atoms with van der Waals surface area (Å²) in [6.45, 7) is 0.295. The molecule has 2 amide bonds. The lowest BCUT2D eigenvalue weighted by molar-refractivity contribution is -0.153. The molecule has 2 aromatic heterocycles. The maximum Gasteiger partial charge on any atom is 0.310 e. The Labute approximate surface area is 217 Å². The van der Waals surface area contributed by atoms with E-state index in [1.54, 1.807) is 29.9 Å². The van der Waals surface area contributed by atoms with Crippen LogP contribution in [0.25, 0.3) is 22.5 Å². The molecule has 0 radical (unpaired) electrons. The molecule has 0 spiro atoms. The second-order valence-electron chi connectivity index (χ2n) is 8.84. The minimum atomic E-state index is -0.919. The first kappa shape index (κ1) is 24.3. The van der Waals surface area contributed by atoms with Crippen molar-refractivity contribution in [2.75, 3.05) is 13.1 Å². The van der Waals surface area contributed by atoms with E-state index in [9.17, 15) is 14.4 Å². The molecule has 5 rings (SSSR count). The van der Waals surface area contributed by atoms with Crippen LogP contribution in [-0.4, -0.2) is 56.9 Å². The molecule has 2 N–H and O–H groups in total. The number of carbonyl (C=O) groups is 3. The van der Waals surface area contributed by atoms with Crippen LogP contribution in [0.3, 0.4) is 0 Å². The average molecular weight is 513 g/mol. The summed E-state index contributed by atoms with van der Waals surface area (Å²) in [6, 6.07) is 20.1. The number of carboxylic acids is 1. The number of carboxylic acid groups (broad SMARTS) is 1. The van der Waals surface area contributed by atoms with Crippen LogP contribution < -0.4 is 5.32 Å². The fourth-order valence-corrected chi connectivity index (χ4v) is 4.78. The molecule has 4 aromatic rings. The number of hydrogen-bond donors (Lipinski definition) is 2. The molecule has 3 heterocycles. The van der Waals surface area contributed by atoms with Crippen LogP contribution in [0.15, 0.2) is 84.5 Å². The number of hydrogen-bond acceptors (Lipinski definition) is 6. The first-order chi connectivity index (χ1) is 18.0. The summed E-state index contributed by atoms with van der Waals surface area (Å²) in [5.74, 6) is -1.51. The fourth-order valence-electron chi connectivity index (χ4n) is 4.15. The number of carbonyl (C=O) groups excluding carboxylic acids is 2. The van der Waals surface area contributed by atoms with E-state index >= 15 is 0 Å². The highest BCUT2D eigenvalue weighted by atomic mass is 32.1. The van der Waals surface area contributed by atoms with Gasteiger partial charge in [-0.1, -0.05) is 60.7 Å². The number of nitrogens with one attached hydrogen (secondary N) is 1. The maximum absolute atomic E-state index is 13.1. The topological polar surface area (TPSA) is 112 Å². The smallest absolute Gasteiger partial charge is 0.310 e. The number of benzene rings is 2. The Kier molecular flexibility index (Phi) is 7.04. The van der Waals surface area contributed by atoms with Crippen LogP contribution in [0.1, 0.15) is 15.2 Å². The minimum Gasteiger partial charge on any atom is -0.481 e. The second kappa shape index (κ2) is 10.7. The molecular formula is C28H24N4O4S. The number of aliphatic carboxylic acids is 1. The van der Waals surface area contributed by atoms with E-state index in [-0.39, 0.29) is 31.3 Å². The number of thiophene rings is 1. The highest BCUT2D eigenvalue weighted by Gasteiger charge is 2.38. The van der Waals surface area contributed by atoms with Crippen molar-refractivity contribution in [2.45, 2.75) is 12.5 Å². The zero-order valence-electron chi connectivity index (χ0n) is 19.8. The summed E-state index contributed by atoms with van der Waals surface area (Å²) in [5.41, 5.74) is 3.66. The Morgan fingerprint density at radius 3 is 2.24 bits per heavy atom. The van der Waals surface area contributed by atoms with Gasteiger partial charge in [-0.3, -0.25) is 14.4 Å². The van der Waals surface area contributed by atoms with E-state index in [0.717, 1.165) is 22.3 Å². The van der Waals surface area contributed by atoms with Crippen molar-refractivity contribution in [3.63, 3.8) is 0 Å². The largest absolute Gasteiger partial charge is 0.481 e. The summed E-state index contributed by atoms with van der Waals surface area (Å²) in [6.07, 6.45) is 3.86. The van der Waals surface area contributed by atoms with Gasteiger partial charge in [0.1, 0.15) is 6.04 Å². The lowest BCUT2D eigenvalue weighted by Gasteiger charge is -2.38. The van der Waals surface area contributed by atoms with E-state index in [4.69, 9.17) is 5.11 Å². The van der Waals surface area contributed by atoms with Gasteiger partial charge in [0.15, 0.2) is 5.82 Å². The van der Waals surface area contributed by atoms with E-state index in [1.165, 1.54) is 16.2 Å². The molecular weight excluding hydrogens is 488 g/mol. The molecule has 37 heavy (non-hydrogen) atoms. The normalized spacial score (nSPS) is 14.0. The molecule has 186 valence electrons. The molecule has 9 heteroatoms. The third-order valence-electron chi connectivity index (χ3n) is 6.30. The number of aromatic nitrogens is 2. The molecule has 1 atom stereocenters. The van der Waals surface area contributed by atoms with Crippen LogP contribution in [0.4, 0.5) is 0 Å². The van der Waals surface area contributed by atoms with Gasteiger partial charge in [0, 0.05) is 43.0 Å². The monoisotopic (exact) mass is 512 g/mol. The van der Waals surface area contributed by atoms with Gasteiger partial charge in [-0.15, -0.1) is 11.3 Å². The van der Waals surface area contributed by atoms with Crippen molar-refractivity contribution < 1.29 is 19.5 Å². The summed E-state index contributed by atoms with van der Waals surface area (Å²) in [4.78, 5) is 48.0. The van der Waals surface area contributed by atoms with Crippen molar-refractivity contribution in [1.82, 2.24) is 20.2 Å². The van der Waals surface area contributed by atoms with E-state index in [0.29, 0.717) is 10.7 Å². The van der Waals surface area contributed by atoms with E-state index in [1.807, 2.05) is 54.6 Å². The van der Waals surface area contributed by atoms with Crippen LogP contribution in [0.2, 0.25) is 0 Å². The summed E-state index contributed by atoms with van der Waals surface area (Å²) >= 11 is 1.29. The van der Waals surface area contributed by atoms with E-state index in [2.05, 4.69) is 15.3 Å². The quantitative estimate of drug-likeness (QED) is 0.372. The average Bonchev–Trinajstić information content (AvgIpc) is 3.44. The second-order valence-corrected chi connectivity index (χ2v) is 9.79. The first-order valence-corrected chi connectivity index (χ1v) is 12.7. The molecule has 1 aliphatic heterocycles. The molecule has 2 aromatic carbocycles. The van der Waals surface area contributed by atoms with Crippen LogP contribution in [-0.2, 0) is 16.0 Å². The summed E-state index contributed by atoms with van der Waals surface area (Å²) in [7, 11) is 0. The predicted octanol–water partition coefficient (Wildman–Crippen LogP) is 3.76. The van der Waals surface area contributed by atoms with Gasteiger partial charge in [-0.25, -0.2) is 9.97 Å². The van der Waals surface area contributed by atoms with Crippen molar-refractivity contribution in [3.8, 4) is 22.5 Å². The van der Waals surface area contributed by atoms with Gasteiger partial charge in [0.25, 0.3) is 5.91 Å². The molecule has 1 aliphatic rings. The fraction of sp³-hybridized carbons (Fsp3) is 0.179. The summed E-state index contributed by atoms with van der Waals surface area (Å²) in [5, 5.41) is 13.8. The van der Waals surface area contributed by atoms with Crippen molar-refractivity contribution in [2.24, 2.45) is 5.92 Å². The Bertz CT molecular complexity index is 1380. The summed E-state index contributed by atoms with van der Waals surface area (Å²) < 4.78 is 0. The number of rotatable bonds is 8. The van der Waals surface area contributed by atoms with Crippen LogP contribution in [0.5, 0.6) is 0 Å². The lowest BCUT2D eigenvalue weighted by atomic mass is 9.97. The number of nitrogens with zero attached hydrogens (tertiary/aromatic N) is 3. The van der Waals surface area contributed by atoms with Gasteiger partial charge in [0.05, 0.1) is 10.8 Å². The molecule has 0 aliphatic carbocycles. The number of amides is 2. The molecule has 1 fully saturated rings. The van der Waals surface area contributed by atoms with Crippen molar-refractivity contribution >= 4 is 29.1 Å². The predicted molar refractivity (Wildman–Crippen MR) is 140 cm³/mol. The molecule has 1 saturated heterocycles. The zero-order valence-corrected chi connectivity index (χ0v) is 20.6. The Hall–Kier alpha value is -4.37. The van der Waals surface area contributed by atoms with Crippen molar-refractivity contribution in [1.29, 1.82) is 0 Å². The third-order valence-corrected chi connectivity index (χ3v) is 7.17. The van der Waals surface area contributed by atoms with Crippen LogP contribution >= 0.6 is 11.3 Å². The zero-order chi connectivity index (χ0) is 25.8. The highest BCUT2D eigenvalue weighted by molar-refractivity contribution is 7.12. The van der Waals surface area contributed by atoms with Gasteiger partial charge in [-0.05, 0) is 22.6 Å². The van der Waals surface area contributed by atoms with Gasteiger partial charge in [0.2, 0.25) is 5.91 Å². The van der Waals surface area contributed by atoms with E-state index < -0.39 is 17.9 Å². The van der Waals surface area contributed by atoms with Gasteiger partial charge in [-0.2, -0.15) is 0 Å². The molecule has 1 unspecified atom stereocenters. The Morgan fingerprint density at radius 1 is 0.919 bits per heavy atom.